The fourth-order valence-corrected chi connectivity index (χ4v) is 3.23. The number of alkyl halides is 2. The number of benzene rings is 2. The lowest BCUT2D eigenvalue weighted by Gasteiger charge is -2.33. The molecule has 1 aliphatic heterocycles. The SMILES string of the molecule is FC(F)c1cccc(C2CCNCC2c2ccccc2)c1. The first-order valence-electron chi connectivity index (χ1n) is 7.39. The summed E-state index contributed by atoms with van der Waals surface area (Å²) in [6.45, 7) is 1.83. The molecular weight excluding hydrogens is 268 g/mol. The van der Waals surface area contributed by atoms with Crippen LogP contribution in [0.25, 0.3) is 0 Å². The van der Waals surface area contributed by atoms with E-state index in [0.29, 0.717) is 11.8 Å². The summed E-state index contributed by atoms with van der Waals surface area (Å²) in [5, 5.41) is 3.42. The Bertz CT molecular complexity index is 583. The van der Waals surface area contributed by atoms with Crippen molar-refractivity contribution in [1.82, 2.24) is 5.32 Å². The topological polar surface area (TPSA) is 12.0 Å². The van der Waals surface area contributed by atoms with Crippen LogP contribution >= 0.6 is 0 Å². The third kappa shape index (κ3) is 3.13. The average Bonchev–Trinajstić information content (AvgIpc) is 2.56. The summed E-state index contributed by atoms with van der Waals surface area (Å²) in [5.74, 6) is 0.639. The smallest absolute Gasteiger partial charge is 0.263 e. The second-order valence-corrected chi connectivity index (χ2v) is 5.59. The van der Waals surface area contributed by atoms with Crippen LogP contribution in [0.1, 0.15) is 41.4 Å². The molecule has 3 rings (SSSR count). The van der Waals surface area contributed by atoms with Gasteiger partial charge in [0.15, 0.2) is 0 Å². The largest absolute Gasteiger partial charge is 0.316 e. The lowest BCUT2D eigenvalue weighted by Crippen LogP contribution is -2.34. The maximum absolute atomic E-state index is 12.9. The van der Waals surface area contributed by atoms with Crippen LogP contribution in [0.3, 0.4) is 0 Å². The molecule has 2 aromatic carbocycles. The van der Waals surface area contributed by atoms with Crippen molar-refractivity contribution in [1.29, 1.82) is 0 Å². The normalized spacial score (nSPS) is 22.4. The van der Waals surface area contributed by atoms with Crippen molar-refractivity contribution in [2.45, 2.75) is 24.7 Å². The van der Waals surface area contributed by atoms with Gasteiger partial charge in [-0.15, -0.1) is 0 Å². The molecule has 1 aliphatic rings. The fraction of sp³-hybridized carbons (Fsp3) is 0.333. The molecule has 21 heavy (non-hydrogen) atoms. The van der Waals surface area contributed by atoms with E-state index in [1.54, 1.807) is 12.1 Å². The van der Waals surface area contributed by atoms with E-state index in [2.05, 4.69) is 17.4 Å². The molecule has 3 heteroatoms. The van der Waals surface area contributed by atoms with Crippen LogP contribution in [0, 0.1) is 0 Å². The van der Waals surface area contributed by atoms with Gasteiger partial charge in [-0.3, -0.25) is 0 Å². The third-order valence-corrected chi connectivity index (χ3v) is 4.30. The quantitative estimate of drug-likeness (QED) is 0.877. The predicted octanol–water partition coefficient (Wildman–Crippen LogP) is 4.48. The van der Waals surface area contributed by atoms with E-state index in [4.69, 9.17) is 0 Å². The van der Waals surface area contributed by atoms with Gasteiger partial charge in [0.25, 0.3) is 6.43 Å². The molecule has 2 aromatic rings. The molecule has 0 saturated carbocycles. The summed E-state index contributed by atoms with van der Waals surface area (Å²) >= 11 is 0. The molecule has 0 amide bonds. The zero-order valence-corrected chi connectivity index (χ0v) is 11.8. The molecule has 1 saturated heterocycles. The zero-order chi connectivity index (χ0) is 14.7. The Morgan fingerprint density at radius 3 is 2.43 bits per heavy atom. The highest BCUT2D eigenvalue weighted by atomic mass is 19.3. The number of halogens is 2. The summed E-state index contributed by atoms with van der Waals surface area (Å²) in [4.78, 5) is 0. The van der Waals surface area contributed by atoms with E-state index in [1.165, 1.54) is 11.6 Å². The highest BCUT2D eigenvalue weighted by molar-refractivity contribution is 5.33. The van der Waals surface area contributed by atoms with Gasteiger partial charge in [-0.1, -0.05) is 48.5 Å². The van der Waals surface area contributed by atoms with E-state index < -0.39 is 6.43 Å². The summed E-state index contributed by atoms with van der Waals surface area (Å²) in [6, 6.07) is 17.3. The molecule has 1 N–H and O–H groups in total. The average molecular weight is 287 g/mol. The van der Waals surface area contributed by atoms with Gasteiger partial charge >= 0.3 is 0 Å². The number of piperidine rings is 1. The molecule has 2 unspecified atom stereocenters. The lowest BCUT2D eigenvalue weighted by atomic mass is 9.77. The third-order valence-electron chi connectivity index (χ3n) is 4.30. The van der Waals surface area contributed by atoms with Crippen LogP contribution in [-0.4, -0.2) is 13.1 Å². The molecule has 2 atom stereocenters. The molecule has 1 heterocycles. The van der Waals surface area contributed by atoms with Gasteiger partial charge in [-0.05, 0) is 36.1 Å². The minimum atomic E-state index is -2.40. The van der Waals surface area contributed by atoms with Crippen LogP contribution in [0.4, 0.5) is 8.78 Å². The summed E-state index contributed by atoms with van der Waals surface area (Å²) in [5.41, 5.74) is 2.43. The minimum absolute atomic E-state index is 0.123. The lowest BCUT2D eigenvalue weighted by molar-refractivity contribution is 0.151. The summed E-state index contributed by atoms with van der Waals surface area (Å²) in [7, 11) is 0. The molecule has 0 aromatic heterocycles. The Kier molecular flexibility index (Phi) is 4.30. The second kappa shape index (κ2) is 6.35. The minimum Gasteiger partial charge on any atom is -0.316 e. The summed E-state index contributed by atoms with van der Waals surface area (Å²) in [6.07, 6.45) is -1.42. The van der Waals surface area contributed by atoms with E-state index in [0.717, 1.165) is 25.1 Å². The van der Waals surface area contributed by atoms with Crippen molar-refractivity contribution < 1.29 is 8.78 Å². The van der Waals surface area contributed by atoms with Gasteiger partial charge in [0.2, 0.25) is 0 Å². The number of hydrogen-bond acceptors (Lipinski definition) is 1. The maximum Gasteiger partial charge on any atom is 0.263 e. The Labute approximate surface area is 124 Å². The summed E-state index contributed by atoms with van der Waals surface area (Å²) < 4.78 is 25.8. The number of nitrogens with one attached hydrogen (secondary N) is 1. The van der Waals surface area contributed by atoms with Crippen LogP contribution in [0.2, 0.25) is 0 Å². The molecule has 0 bridgehead atoms. The van der Waals surface area contributed by atoms with Gasteiger partial charge in [-0.2, -0.15) is 0 Å². The standard InChI is InChI=1S/C18H19F2N/c19-18(20)15-8-4-7-14(11-15)16-9-10-21-12-17(16)13-5-2-1-3-6-13/h1-8,11,16-18,21H,9-10,12H2. The highest BCUT2D eigenvalue weighted by Gasteiger charge is 2.28. The Hall–Kier alpha value is -1.74. The Morgan fingerprint density at radius 1 is 0.905 bits per heavy atom. The predicted molar refractivity (Wildman–Crippen MR) is 80.8 cm³/mol. The monoisotopic (exact) mass is 287 g/mol. The first-order chi connectivity index (χ1) is 10.3. The first-order valence-corrected chi connectivity index (χ1v) is 7.39. The number of hydrogen-bond donors (Lipinski definition) is 1. The van der Waals surface area contributed by atoms with E-state index in [9.17, 15) is 8.78 Å². The van der Waals surface area contributed by atoms with Crippen LogP contribution in [0.5, 0.6) is 0 Å². The van der Waals surface area contributed by atoms with Gasteiger partial charge in [0.1, 0.15) is 0 Å². The highest BCUT2D eigenvalue weighted by Crippen LogP contribution is 2.38. The molecule has 0 aliphatic carbocycles. The molecule has 1 nitrogen and oxygen atoms in total. The van der Waals surface area contributed by atoms with Crippen molar-refractivity contribution in [2.75, 3.05) is 13.1 Å². The molecule has 0 radical (unpaired) electrons. The molecule has 1 fully saturated rings. The van der Waals surface area contributed by atoms with Gasteiger partial charge < -0.3 is 5.32 Å². The van der Waals surface area contributed by atoms with Crippen LogP contribution in [0.15, 0.2) is 54.6 Å². The maximum atomic E-state index is 12.9. The van der Waals surface area contributed by atoms with E-state index in [1.807, 2.05) is 24.3 Å². The molecule has 110 valence electrons. The van der Waals surface area contributed by atoms with E-state index in [-0.39, 0.29) is 5.56 Å². The zero-order valence-electron chi connectivity index (χ0n) is 11.8. The Morgan fingerprint density at radius 2 is 1.67 bits per heavy atom. The van der Waals surface area contributed by atoms with Crippen molar-refractivity contribution in [2.24, 2.45) is 0 Å². The van der Waals surface area contributed by atoms with Gasteiger partial charge in [-0.25, -0.2) is 8.78 Å². The second-order valence-electron chi connectivity index (χ2n) is 5.59. The Balaban J connectivity index is 1.93. The van der Waals surface area contributed by atoms with Gasteiger partial charge in [0, 0.05) is 18.0 Å². The molecule has 0 spiro atoms. The first kappa shape index (κ1) is 14.2. The van der Waals surface area contributed by atoms with Crippen LogP contribution in [-0.2, 0) is 0 Å². The van der Waals surface area contributed by atoms with Crippen molar-refractivity contribution in [3.05, 3.63) is 71.3 Å². The van der Waals surface area contributed by atoms with Gasteiger partial charge in [0.05, 0.1) is 0 Å². The molecular formula is C18H19F2N. The number of rotatable bonds is 3. The van der Waals surface area contributed by atoms with Crippen molar-refractivity contribution >= 4 is 0 Å². The fourth-order valence-electron chi connectivity index (χ4n) is 3.23. The van der Waals surface area contributed by atoms with E-state index >= 15 is 0 Å². The van der Waals surface area contributed by atoms with Crippen molar-refractivity contribution in [3.63, 3.8) is 0 Å². The van der Waals surface area contributed by atoms with Crippen molar-refractivity contribution in [3.8, 4) is 0 Å². The van der Waals surface area contributed by atoms with Crippen LogP contribution < -0.4 is 5.32 Å².